The maximum absolute atomic E-state index is 14.8. The second kappa shape index (κ2) is 13.6. The zero-order chi connectivity index (χ0) is 31.2. The smallest absolute Gasteiger partial charge is 0.410 e. The summed E-state index contributed by atoms with van der Waals surface area (Å²) in [7, 11) is -2.50. The van der Waals surface area contributed by atoms with Crippen molar-refractivity contribution in [3.05, 3.63) is 59.2 Å². The van der Waals surface area contributed by atoms with E-state index in [-0.39, 0.29) is 36.7 Å². The summed E-state index contributed by atoms with van der Waals surface area (Å²) in [5.41, 5.74) is 1.96. The molecule has 1 aliphatic heterocycles. The summed E-state index contributed by atoms with van der Waals surface area (Å²) in [6, 6.07) is 8.29. The highest BCUT2D eigenvalue weighted by molar-refractivity contribution is 7.89. The molecule has 0 aromatic heterocycles. The minimum Gasteiger partial charge on any atom is -0.444 e. The third-order valence-electron chi connectivity index (χ3n) is 6.67. The van der Waals surface area contributed by atoms with Crippen LogP contribution in [0.2, 0.25) is 0 Å². The second-order valence-corrected chi connectivity index (χ2v) is 13.3. The maximum Gasteiger partial charge on any atom is 0.410 e. The molecule has 0 saturated carbocycles. The summed E-state index contributed by atoms with van der Waals surface area (Å²) in [5, 5.41) is 0. The Morgan fingerprint density at radius 2 is 1.83 bits per heavy atom. The topological polar surface area (TPSA) is 125 Å². The predicted octanol–water partition coefficient (Wildman–Crippen LogP) is 4.00. The van der Waals surface area contributed by atoms with Crippen LogP contribution >= 0.6 is 0 Å². The number of carbonyl (C=O) groups is 3. The lowest BCUT2D eigenvalue weighted by Gasteiger charge is -2.33. The first kappa shape index (κ1) is 32.9. The highest BCUT2D eigenvalue weighted by atomic mass is 32.2. The Hall–Kier alpha value is -3.58. The summed E-state index contributed by atoms with van der Waals surface area (Å²) >= 11 is 0. The Morgan fingerprint density at radius 1 is 1.12 bits per heavy atom. The molecule has 10 nitrogen and oxygen atoms in total. The quantitative estimate of drug-likeness (QED) is 0.415. The number of aryl methyl sites for hydroxylation is 1. The van der Waals surface area contributed by atoms with E-state index < -0.39 is 50.7 Å². The van der Waals surface area contributed by atoms with Gasteiger partial charge in [-0.2, -0.15) is 0 Å². The van der Waals surface area contributed by atoms with E-state index in [0.29, 0.717) is 30.5 Å². The van der Waals surface area contributed by atoms with E-state index in [0.717, 1.165) is 0 Å². The Kier molecular flexibility index (Phi) is 10.7. The average molecular weight is 609 g/mol. The number of amides is 3. The number of carbonyl (C=O) groups excluding carboxylic acids is 3. The van der Waals surface area contributed by atoms with Gasteiger partial charge in [-0.1, -0.05) is 12.1 Å². The summed E-state index contributed by atoms with van der Waals surface area (Å²) in [6.45, 7) is 7.51. The number of sulfonamides is 1. The van der Waals surface area contributed by atoms with Crippen molar-refractivity contribution in [1.82, 2.24) is 20.1 Å². The number of hydrogen-bond donors (Lipinski definition) is 2. The van der Waals surface area contributed by atoms with Gasteiger partial charge in [0.15, 0.2) is 0 Å². The molecule has 1 unspecified atom stereocenters. The Balaban J connectivity index is 1.56. The van der Waals surface area contributed by atoms with Crippen molar-refractivity contribution in [2.24, 2.45) is 5.92 Å². The molecule has 0 bridgehead atoms. The van der Waals surface area contributed by atoms with Gasteiger partial charge in [0.2, 0.25) is 15.9 Å². The maximum atomic E-state index is 14.8. The highest BCUT2D eigenvalue weighted by Gasteiger charge is 2.29. The van der Waals surface area contributed by atoms with Crippen LogP contribution in [0, 0.1) is 24.5 Å². The number of piperidine rings is 1. The van der Waals surface area contributed by atoms with Gasteiger partial charge in [-0.05, 0) is 87.4 Å². The third kappa shape index (κ3) is 9.48. The fourth-order valence-electron chi connectivity index (χ4n) is 4.59. The minimum atomic E-state index is -4.04. The van der Waals surface area contributed by atoms with Gasteiger partial charge in [-0.3, -0.25) is 15.0 Å². The minimum absolute atomic E-state index is 0.0587. The average Bonchev–Trinajstić information content (AvgIpc) is 2.90. The molecule has 2 aromatic rings. The van der Waals surface area contributed by atoms with E-state index in [2.05, 4.69) is 5.43 Å². The zero-order valence-corrected chi connectivity index (χ0v) is 25.3. The van der Waals surface area contributed by atoms with Crippen LogP contribution in [0.3, 0.4) is 0 Å². The van der Waals surface area contributed by atoms with E-state index in [4.69, 9.17) is 4.74 Å². The Labute approximate surface area is 245 Å². The van der Waals surface area contributed by atoms with Crippen molar-refractivity contribution in [3.63, 3.8) is 0 Å². The molecule has 3 amide bonds. The van der Waals surface area contributed by atoms with Crippen LogP contribution in [0.1, 0.15) is 56.0 Å². The summed E-state index contributed by atoms with van der Waals surface area (Å²) in [4.78, 5) is 42.6. The standard InChI is InChI=1S/C29H38F2N4O6S/c1-19-14-22(21-9-6-10-23(30)15-21)16-24(26(19)31)27(37)32-33-42(39,40)18-20-8-7-12-35(17-20)25(36)11-13-34(5)28(38)41-29(2,3)4/h6,9-10,14-16,20,33H,7-8,11-13,17-18H2,1-5H3,(H,32,37). The van der Waals surface area contributed by atoms with Gasteiger partial charge in [-0.25, -0.2) is 22.0 Å². The number of nitrogens with zero attached hydrogens (tertiary/aromatic N) is 2. The molecule has 1 saturated heterocycles. The normalized spacial score (nSPS) is 15.7. The molecule has 13 heteroatoms. The molecular weight excluding hydrogens is 570 g/mol. The molecule has 1 heterocycles. The molecule has 230 valence electrons. The number of nitrogens with one attached hydrogen (secondary N) is 2. The van der Waals surface area contributed by atoms with E-state index in [9.17, 15) is 31.6 Å². The monoisotopic (exact) mass is 608 g/mol. The summed E-state index contributed by atoms with van der Waals surface area (Å²) in [6.07, 6.45) is 0.669. The van der Waals surface area contributed by atoms with Crippen molar-refractivity contribution in [1.29, 1.82) is 0 Å². The van der Waals surface area contributed by atoms with Crippen LogP contribution in [-0.4, -0.2) is 74.2 Å². The fourth-order valence-corrected chi connectivity index (χ4v) is 5.82. The van der Waals surface area contributed by atoms with Gasteiger partial charge in [0, 0.05) is 33.1 Å². The molecule has 0 aliphatic carbocycles. The van der Waals surface area contributed by atoms with Gasteiger partial charge in [0.25, 0.3) is 5.91 Å². The number of hydrazine groups is 1. The molecule has 1 atom stereocenters. The number of ether oxygens (including phenoxy) is 1. The van der Waals surface area contributed by atoms with Gasteiger partial charge < -0.3 is 14.5 Å². The van der Waals surface area contributed by atoms with Crippen LogP contribution in [-0.2, 0) is 19.6 Å². The molecule has 3 rings (SSSR count). The number of halogens is 2. The van der Waals surface area contributed by atoms with Crippen molar-refractivity contribution >= 4 is 27.9 Å². The zero-order valence-electron chi connectivity index (χ0n) is 24.5. The van der Waals surface area contributed by atoms with Crippen LogP contribution in [0.15, 0.2) is 36.4 Å². The number of benzene rings is 2. The highest BCUT2D eigenvalue weighted by Crippen LogP contribution is 2.26. The molecule has 42 heavy (non-hydrogen) atoms. The van der Waals surface area contributed by atoms with Gasteiger partial charge >= 0.3 is 6.09 Å². The molecule has 1 aliphatic rings. The first-order valence-electron chi connectivity index (χ1n) is 13.6. The predicted molar refractivity (Wildman–Crippen MR) is 154 cm³/mol. The van der Waals surface area contributed by atoms with Gasteiger partial charge in [-0.15, -0.1) is 4.83 Å². The molecule has 1 fully saturated rings. The Bertz CT molecular complexity index is 1430. The lowest BCUT2D eigenvalue weighted by Crippen LogP contribution is -2.47. The molecule has 0 radical (unpaired) electrons. The lowest BCUT2D eigenvalue weighted by molar-refractivity contribution is -0.133. The Morgan fingerprint density at radius 3 is 2.50 bits per heavy atom. The summed E-state index contributed by atoms with van der Waals surface area (Å²) in [5.74, 6) is -3.30. The van der Waals surface area contributed by atoms with Crippen molar-refractivity contribution in [2.45, 2.75) is 52.6 Å². The van der Waals surface area contributed by atoms with Crippen molar-refractivity contribution < 1.29 is 36.3 Å². The van der Waals surface area contributed by atoms with Crippen LogP contribution < -0.4 is 10.3 Å². The van der Waals surface area contributed by atoms with Gasteiger partial charge in [0.1, 0.15) is 17.2 Å². The number of likely N-dealkylation sites (tertiary alicyclic amines) is 1. The van der Waals surface area contributed by atoms with Crippen molar-refractivity contribution in [2.75, 3.05) is 32.4 Å². The van der Waals surface area contributed by atoms with Crippen LogP contribution in [0.5, 0.6) is 0 Å². The van der Waals surface area contributed by atoms with Crippen LogP contribution in [0.4, 0.5) is 13.6 Å². The lowest BCUT2D eigenvalue weighted by atomic mass is 9.99. The first-order valence-corrected chi connectivity index (χ1v) is 15.3. The fraction of sp³-hybridized carbons (Fsp3) is 0.483. The molecule has 2 N–H and O–H groups in total. The van der Waals surface area contributed by atoms with E-state index >= 15 is 0 Å². The number of rotatable bonds is 9. The third-order valence-corrected chi connectivity index (χ3v) is 7.99. The van der Waals surface area contributed by atoms with Crippen molar-refractivity contribution in [3.8, 4) is 11.1 Å². The first-order chi connectivity index (χ1) is 19.5. The largest absolute Gasteiger partial charge is 0.444 e. The van der Waals surface area contributed by atoms with Crippen LogP contribution in [0.25, 0.3) is 11.1 Å². The molecule has 0 spiro atoms. The second-order valence-electron chi connectivity index (χ2n) is 11.5. The summed E-state index contributed by atoms with van der Waals surface area (Å²) < 4.78 is 59.3. The molecule has 2 aromatic carbocycles. The van der Waals surface area contributed by atoms with E-state index in [1.54, 1.807) is 31.7 Å². The van der Waals surface area contributed by atoms with E-state index in [1.807, 2.05) is 4.83 Å². The SMILES string of the molecule is Cc1cc(-c2cccc(F)c2)cc(C(=O)NNS(=O)(=O)CC2CCCN(C(=O)CCN(C)C(=O)OC(C)(C)C)C2)c1F. The van der Waals surface area contributed by atoms with Gasteiger partial charge in [0.05, 0.1) is 11.3 Å². The number of hydrogen-bond acceptors (Lipinski definition) is 6. The van der Waals surface area contributed by atoms with E-state index in [1.165, 1.54) is 49.2 Å². The molecular formula is C29H38F2N4O6S.